The minimum atomic E-state index is -3.79. The molecule has 2 aromatic rings. The van der Waals surface area contributed by atoms with Gasteiger partial charge in [0.1, 0.15) is 0 Å². The topological polar surface area (TPSA) is 101 Å². The van der Waals surface area contributed by atoms with Gasteiger partial charge >= 0.3 is 0 Å². The summed E-state index contributed by atoms with van der Waals surface area (Å²) < 4.78 is 28.0. The maximum absolute atomic E-state index is 12.7. The SMILES string of the molecule is Cc1cccc(NS(=O)(=O)c2ccc(C)c(C(=O)NCC(N)C3CC3)c2)c1.Cl. The zero-order valence-corrected chi connectivity index (χ0v) is 17.6. The summed E-state index contributed by atoms with van der Waals surface area (Å²) in [5, 5.41) is 2.82. The van der Waals surface area contributed by atoms with Gasteiger partial charge in [0.15, 0.2) is 0 Å². The monoisotopic (exact) mass is 423 g/mol. The summed E-state index contributed by atoms with van der Waals surface area (Å²) in [6, 6.07) is 11.6. The zero-order valence-electron chi connectivity index (χ0n) is 15.9. The van der Waals surface area contributed by atoms with Gasteiger partial charge in [-0.1, -0.05) is 18.2 Å². The van der Waals surface area contributed by atoms with E-state index in [0.29, 0.717) is 29.3 Å². The van der Waals surface area contributed by atoms with Gasteiger partial charge in [0.05, 0.1) is 4.90 Å². The van der Waals surface area contributed by atoms with Crippen molar-refractivity contribution in [3.8, 4) is 0 Å². The number of amides is 1. The number of anilines is 1. The van der Waals surface area contributed by atoms with Crippen LogP contribution in [0.5, 0.6) is 0 Å². The number of nitrogens with two attached hydrogens (primary N) is 1. The third-order valence-corrected chi connectivity index (χ3v) is 6.14. The van der Waals surface area contributed by atoms with Crippen molar-refractivity contribution >= 4 is 34.0 Å². The van der Waals surface area contributed by atoms with Gasteiger partial charge in [-0.25, -0.2) is 8.42 Å². The summed E-state index contributed by atoms with van der Waals surface area (Å²) in [6.45, 7) is 4.06. The van der Waals surface area contributed by atoms with Crippen LogP contribution >= 0.6 is 12.4 Å². The van der Waals surface area contributed by atoms with E-state index in [4.69, 9.17) is 5.73 Å². The van der Waals surface area contributed by atoms with Gasteiger partial charge < -0.3 is 11.1 Å². The first-order valence-corrected chi connectivity index (χ1v) is 10.5. The van der Waals surface area contributed by atoms with Crippen LogP contribution < -0.4 is 15.8 Å². The van der Waals surface area contributed by atoms with Crippen molar-refractivity contribution in [2.45, 2.75) is 37.6 Å². The standard InChI is InChI=1S/C20H25N3O3S.ClH/c1-13-4-3-5-16(10-13)23-27(25,26)17-9-6-14(2)18(11-17)20(24)22-12-19(21)15-7-8-15;/h3-6,9-11,15,19,23H,7-8,12,21H2,1-2H3,(H,22,24);1H. The molecule has 0 spiro atoms. The quantitative estimate of drug-likeness (QED) is 0.637. The first-order valence-electron chi connectivity index (χ1n) is 9.00. The molecule has 0 heterocycles. The molecule has 8 heteroatoms. The summed E-state index contributed by atoms with van der Waals surface area (Å²) in [6.07, 6.45) is 2.21. The number of aryl methyl sites for hydroxylation is 2. The molecule has 1 unspecified atom stereocenters. The number of carbonyl (C=O) groups excluding carboxylic acids is 1. The highest BCUT2D eigenvalue weighted by molar-refractivity contribution is 7.92. The molecule has 1 amide bonds. The molecular weight excluding hydrogens is 398 g/mol. The second-order valence-corrected chi connectivity index (χ2v) is 8.85. The summed E-state index contributed by atoms with van der Waals surface area (Å²) >= 11 is 0. The number of hydrogen-bond donors (Lipinski definition) is 3. The van der Waals surface area contributed by atoms with Gasteiger partial charge in [0.2, 0.25) is 0 Å². The largest absolute Gasteiger partial charge is 0.350 e. The molecular formula is C20H26ClN3O3S. The highest BCUT2D eigenvalue weighted by atomic mass is 35.5. The average Bonchev–Trinajstić information content (AvgIpc) is 3.44. The summed E-state index contributed by atoms with van der Waals surface area (Å²) in [7, 11) is -3.79. The Bertz CT molecular complexity index is 959. The molecule has 0 bridgehead atoms. The minimum absolute atomic E-state index is 0. The van der Waals surface area contributed by atoms with Crippen LogP contribution in [0.25, 0.3) is 0 Å². The van der Waals surface area contributed by atoms with Crippen molar-refractivity contribution in [1.29, 1.82) is 0 Å². The molecule has 3 rings (SSSR count). The van der Waals surface area contributed by atoms with Crippen molar-refractivity contribution < 1.29 is 13.2 Å². The highest BCUT2D eigenvalue weighted by Gasteiger charge is 2.28. The molecule has 28 heavy (non-hydrogen) atoms. The molecule has 0 aliphatic heterocycles. The lowest BCUT2D eigenvalue weighted by Crippen LogP contribution is -2.38. The molecule has 1 saturated carbocycles. The van der Waals surface area contributed by atoms with Gasteiger partial charge in [-0.2, -0.15) is 0 Å². The summed E-state index contributed by atoms with van der Waals surface area (Å²) in [5.41, 5.74) is 8.50. The second-order valence-electron chi connectivity index (χ2n) is 7.16. The van der Waals surface area contributed by atoms with Crippen molar-refractivity contribution in [1.82, 2.24) is 5.32 Å². The lowest BCUT2D eigenvalue weighted by Gasteiger charge is -2.14. The molecule has 152 valence electrons. The van der Waals surface area contributed by atoms with Gasteiger partial charge in [0, 0.05) is 23.8 Å². The number of halogens is 1. The fraction of sp³-hybridized carbons (Fsp3) is 0.350. The van der Waals surface area contributed by atoms with E-state index in [-0.39, 0.29) is 29.3 Å². The predicted molar refractivity (Wildman–Crippen MR) is 113 cm³/mol. The van der Waals surface area contributed by atoms with Crippen LogP contribution in [0, 0.1) is 19.8 Å². The van der Waals surface area contributed by atoms with Crippen molar-refractivity contribution in [3.05, 3.63) is 59.2 Å². The average molecular weight is 424 g/mol. The fourth-order valence-electron chi connectivity index (χ4n) is 2.93. The Kier molecular flexibility index (Phi) is 7.09. The Morgan fingerprint density at radius 3 is 2.54 bits per heavy atom. The number of rotatable bonds is 7. The van der Waals surface area contributed by atoms with Gasteiger partial charge in [-0.3, -0.25) is 9.52 Å². The highest BCUT2D eigenvalue weighted by Crippen LogP contribution is 2.31. The molecule has 1 fully saturated rings. The third kappa shape index (κ3) is 5.47. The van der Waals surface area contributed by atoms with Crippen LogP contribution in [0.15, 0.2) is 47.4 Å². The number of nitrogens with one attached hydrogen (secondary N) is 2. The van der Waals surface area contributed by atoms with Crippen molar-refractivity contribution in [2.24, 2.45) is 11.7 Å². The minimum Gasteiger partial charge on any atom is -0.350 e. The van der Waals surface area contributed by atoms with E-state index < -0.39 is 10.0 Å². The Morgan fingerprint density at radius 1 is 1.18 bits per heavy atom. The van der Waals surface area contributed by atoms with E-state index in [9.17, 15) is 13.2 Å². The summed E-state index contributed by atoms with van der Waals surface area (Å²) in [4.78, 5) is 12.6. The first kappa shape index (κ1) is 22.2. The van der Waals surface area contributed by atoms with Gasteiger partial charge in [-0.05, 0) is 68.0 Å². The molecule has 0 aromatic heterocycles. The Labute approximate surface area is 172 Å². The van der Waals surface area contributed by atoms with Crippen LogP contribution in [-0.2, 0) is 10.0 Å². The normalized spacial score (nSPS) is 14.7. The lowest BCUT2D eigenvalue weighted by atomic mass is 10.1. The van der Waals surface area contributed by atoms with E-state index in [1.165, 1.54) is 12.1 Å². The van der Waals surface area contributed by atoms with Crippen LogP contribution in [0.3, 0.4) is 0 Å². The molecule has 1 atom stereocenters. The summed E-state index contributed by atoms with van der Waals surface area (Å²) in [5.74, 6) is 0.174. The van der Waals surface area contributed by atoms with Crippen LogP contribution in [0.1, 0.15) is 34.3 Å². The number of benzene rings is 2. The second kappa shape index (κ2) is 8.94. The Morgan fingerprint density at radius 2 is 1.89 bits per heavy atom. The molecule has 1 aliphatic carbocycles. The van der Waals surface area contributed by atoms with Crippen LogP contribution in [0.4, 0.5) is 5.69 Å². The third-order valence-electron chi connectivity index (χ3n) is 4.76. The van der Waals surface area contributed by atoms with E-state index >= 15 is 0 Å². The lowest BCUT2D eigenvalue weighted by molar-refractivity contribution is 0.0949. The Hall–Kier alpha value is -2.09. The van der Waals surface area contributed by atoms with Crippen LogP contribution in [0.2, 0.25) is 0 Å². The molecule has 4 N–H and O–H groups in total. The van der Waals surface area contributed by atoms with Crippen molar-refractivity contribution in [3.63, 3.8) is 0 Å². The van der Waals surface area contributed by atoms with Gasteiger partial charge in [0.25, 0.3) is 15.9 Å². The molecule has 6 nitrogen and oxygen atoms in total. The molecule has 2 aromatic carbocycles. The van der Waals surface area contributed by atoms with Crippen LogP contribution in [-0.4, -0.2) is 26.9 Å². The van der Waals surface area contributed by atoms with Crippen molar-refractivity contribution in [2.75, 3.05) is 11.3 Å². The van der Waals surface area contributed by atoms with E-state index in [1.807, 2.05) is 13.0 Å². The molecule has 0 radical (unpaired) electrons. The fourth-order valence-corrected chi connectivity index (χ4v) is 4.01. The maximum atomic E-state index is 12.7. The van der Waals surface area contributed by atoms with E-state index in [0.717, 1.165) is 18.4 Å². The van der Waals surface area contributed by atoms with Gasteiger partial charge in [-0.15, -0.1) is 12.4 Å². The maximum Gasteiger partial charge on any atom is 0.261 e. The predicted octanol–water partition coefficient (Wildman–Crippen LogP) is 2.99. The number of carbonyl (C=O) groups is 1. The smallest absolute Gasteiger partial charge is 0.261 e. The molecule has 1 aliphatic rings. The Balaban J connectivity index is 0.00000280. The molecule has 0 saturated heterocycles. The first-order chi connectivity index (χ1) is 12.8. The number of hydrogen-bond acceptors (Lipinski definition) is 4. The van der Waals surface area contributed by atoms with E-state index in [1.54, 1.807) is 31.2 Å². The van der Waals surface area contributed by atoms with E-state index in [2.05, 4.69) is 10.0 Å². The number of sulfonamides is 1. The zero-order chi connectivity index (χ0) is 19.6.